The molecule has 1 saturated heterocycles. The molecule has 0 saturated carbocycles. The lowest BCUT2D eigenvalue weighted by Crippen LogP contribution is -2.39. The second-order valence-electron chi connectivity index (χ2n) is 3.13. The van der Waals surface area contributed by atoms with Gasteiger partial charge in [-0.25, -0.2) is 0 Å². The molecule has 0 aromatic heterocycles. The van der Waals surface area contributed by atoms with Gasteiger partial charge in [0, 0.05) is 19.6 Å². The van der Waals surface area contributed by atoms with Gasteiger partial charge >= 0.3 is 0 Å². The molecule has 1 fully saturated rings. The van der Waals surface area contributed by atoms with Gasteiger partial charge < -0.3 is 0 Å². The molecular formula is C12H13NO2. The standard InChI is InChI=1S/C12H13NO2/c14-11-7-4-8-12(15)13(11)9-10-5-2-1-3-6-10/h1-3,5-6H,4,7-9H2/i4D2,7D,8D2/t7-/m1/s1. The molecular weight excluding hydrogens is 190 g/mol. The van der Waals surface area contributed by atoms with E-state index in [2.05, 4.69) is 0 Å². The van der Waals surface area contributed by atoms with Crippen molar-refractivity contribution in [2.24, 2.45) is 0 Å². The van der Waals surface area contributed by atoms with Crippen molar-refractivity contribution in [3.63, 3.8) is 0 Å². The van der Waals surface area contributed by atoms with Crippen LogP contribution in [0.3, 0.4) is 0 Å². The molecule has 3 nitrogen and oxygen atoms in total. The maximum absolute atomic E-state index is 12.0. The third-order valence-corrected chi connectivity index (χ3v) is 2.07. The van der Waals surface area contributed by atoms with E-state index in [0.717, 1.165) is 0 Å². The van der Waals surface area contributed by atoms with Gasteiger partial charge in [-0.1, -0.05) is 30.3 Å². The van der Waals surface area contributed by atoms with E-state index in [4.69, 9.17) is 6.85 Å². The zero-order chi connectivity index (χ0) is 15.1. The predicted octanol–water partition coefficient (Wildman–Crippen LogP) is 1.73. The SMILES string of the molecule is [2H][C@H]1C(=O)N(Cc2ccccc2)C(=O)C([2H])([2H])C1([2H])[2H]. The van der Waals surface area contributed by atoms with Crippen molar-refractivity contribution in [3.05, 3.63) is 35.9 Å². The van der Waals surface area contributed by atoms with Crippen LogP contribution in [0, 0.1) is 0 Å². The van der Waals surface area contributed by atoms with Gasteiger partial charge in [-0.3, -0.25) is 14.5 Å². The zero-order valence-corrected chi connectivity index (χ0v) is 7.93. The van der Waals surface area contributed by atoms with Crippen LogP contribution in [0.4, 0.5) is 0 Å². The average molecular weight is 208 g/mol. The molecule has 0 bridgehead atoms. The lowest BCUT2D eigenvalue weighted by atomic mass is 10.1. The Hall–Kier alpha value is -1.64. The van der Waals surface area contributed by atoms with E-state index >= 15 is 0 Å². The number of hydrogen-bond acceptors (Lipinski definition) is 2. The molecule has 1 aromatic carbocycles. The summed E-state index contributed by atoms with van der Waals surface area (Å²) in [6.07, 6.45) is -7.70. The fourth-order valence-corrected chi connectivity index (χ4v) is 1.32. The van der Waals surface area contributed by atoms with Gasteiger partial charge in [0.05, 0.1) is 6.54 Å². The van der Waals surface area contributed by atoms with Crippen LogP contribution in [-0.4, -0.2) is 16.7 Å². The van der Waals surface area contributed by atoms with Crippen LogP contribution in [0.25, 0.3) is 0 Å². The largest absolute Gasteiger partial charge is 0.278 e. The Balaban J connectivity index is 2.35. The monoisotopic (exact) mass is 208 g/mol. The van der Waals surface area contributed by atoms with Crippen LogP contribution < -0.4 is 0 Å². The Morgan fingerprint density at radius 2 is 1.93 bits per heavy atom. The second kappa shape index (κ2) is 4.26. The highest BCUT2D eigenvalue weighted by molar-refractivity contribution is 5.97. The topological polar surface area (TPSA) is 37.4 Å². The third kappa shape index (κ3) is 2.24. The molecule has 1 aromatic rings. The summed E-state index contributed by atoms with van der Waals surface area (Å²) >= 11 is 0. The Bertz CT molecular complexity index is 546. The minimum absolute atomic E-state index is 0.163. The van der Waals surface area contributed by atoms with Crippen molar-refractivity contribution in [3.8, 4) is 0 Å². The van der Waals surface area contributed by atoms with Gasteiger partial charge in [-0.05, 0) is 11.9 Å². The van der Waals surface area contributed by atoms with Crippen LogP contribution in [0.2, 0.25) is 0 Å². The molecule has 0 aliphatic carbocycles. The highest BCUT2D eigenvalue weighted by Gasteiger charge is 2.25. The Labute approximate surface area is 95.7 Å². The zero-order valence-electron chi connectivity index (χ0n) is 12.9. The smallest absolute Gasteiger partial charge is 0.229 e. The number of carbonyl (C=O) groups excluding carboxylic acids is 2. The maximum atomic E-state index is 12.0. The summed E-state index contributed by atoms with van der Waals surface area (Å²) in [7, 11) is 0. The first-order valence-corrected chi connectivity index (χ1v) is 4.51. The molecule has 0 N–H and O–H groups in total. The van der Waals surface area contributed by atoms with Crippen LogP contribution >= 0.6 is 0 Å². The van der Waals surface area contributed by atoms with Crippen LogP contribution in [0.15, 0.2) is 30.3 Å². The first-order chi connectivity index (χ1) is 9.19. The normalized spacial score (nSPS) is 33.5. The number of nitrogens with zero attached hydrogens (tertiary/aromatic N) is 1. The average Bonchev–Trinajstić information content (AvgIpc) is 2.42. The summed E-state index contributed by atoms with van der Waals surface area (Å²) in [6.45, 7) is -0.163. The fourth-order valence-electron chi connectivity index (χ4n) is 1.32. The molecule has 2 rings (SSSR count). The predicted molar refractivity (Wildman–Crippen MR) is 55.9 cm³/mol. The number of imide groups is 1. The molecule has 0 radical (unpaired) electrons. The number of benzene rings is 1. The number of rotatable bonds is 2. The van der Waals surface area contributed by atoms with Crippen molar-refractivity contribution in [1.82, 2.24) is 4.90 Å². The van der Waals surface area contributed by atoms with Crippen LogP contribution in [0.5, 0.6) is 0 Å². The number of amides is 2. The van der Waals surface area contributed by atoms with E-state index < -0.39 is 31.0 Å². The number of piperidine rings is 1. The van der Waals surface area contributed by atoms with Gasteiger partial charge in [-0.2, -0.15) is 0 Å². The second-order valence-corrected chi connectivity index (χ2v) is 3.13. The van der Waals surface area contributed by atoms with E-state index in [9.17, 15) is 9.59 Å². The Morgan fingerprint density at radius 3 is 2.67 bits per heavy atom. The summed E-state index contributed by atoms with van der Waals surface area (Å²) in [5.74, 6) is -2.25. The molecule has 1 aliphatic heterocycles. The van der Waals surface area contributed by atoms with Crippen molar-refractivity contribution in [2.45, 2.75) is 25.7 Å². The third-order valence-electron chi connectivity index (χ3n) is 2.07. The summed E-state index contributed by atoms with van der Waals surface area (Å²) in [4.78, 5) is 24.6. The number of hydrogen-bond donors (Lipinski definition) is 0. The molecule has 0 spiro atoms. The van der Waals surface area contributed by atoms with Crippen molar-refractivity contribution in [2.75, 3.05) is 0 Å². The van der Waals surface area contributed by atoms with Crippen LogP contribution in [0.1, 0.15) is 31.6 Å². The summed E-state index contributed by atoms with van der Waals surface area (Å²) in [5.41, 5.74) is 0.611. The molecule has 78 valence electrons. The molecule has 0 unspecified atom stereocenters. The number of carbonyl (C=O) groups is 2. The quantitative estimate of drug-likeness (QED) is 0.694. The lowest BCUT2D eigenvalue weighted by molar-refractivity contribution is -0.148. The summed E-state index contributed by atoms with van der Waals surface area (Å²) in [6, 6.07) is 8.51. The molecule has 15 heavy (non-hydrogen) atoms. The molecule has 1 heterocycles. The van der Waals surface area contributed by atoms with E-state index in [1.165, 1.54) is 0 Å². The minimum atomic E-state index is -2.90. The summed E-state index contributed by atoms with van der Waals surface area (Å²) < 4.78 is 37.7. The van der Waals surface area contributed by atoms with Crippen molar-refractivity contribution < 1.29 is 16.4 Å². The van der Waals surface area contributed by atoms with E-state index in [1.54, 1.807) is 30.3 Å². The van der Waals surface area contributed by atoms with Gasteiger partial charge in [-0.15, -0.1) is 0 Å². The van der Waals surface area contributed by atoms with E-state index in [-0.39, 0.29) is 6.54 Å². The van der Waals surface area contributed by atoms with Gasteiger partial charge in [0.25, 0.3) is 0 Å². The fraction of sp³-hybridized carbons (Fsp3) is 0.333. The van der Waals surface area contributed by atoms with Crippen molar-refractivity contribution in [1.29, 1.82) is 0 Å². The minimum Gasteiger partial charge on any atom is -0.278 e. The van der Waals surface area contributed by atoms with Gasteiger partial charge in [0.15, 0.2) is 0 Å². The molecule has 1 aliphatic rings. The highest BCUT2D eigenvalue weighted by Crippen LogP contribution is 2.15. The highest BCUT2D eigenvalue weighted by atomic mass is 16.2. The lowest BCUT2D eigenvalue weighted by Gasteiger charge is -2.24. The Kier molecular flexibility index (Phi) is 1.54. The number of likely N-dealkylation sites (tertiary alicyclic amines) is 1. The first-order valence-electron chi connectivity index (χ1n) is 7.09. The Morgan fingerprint density at radius 1 is 1.20 bits per heavy atom. The van der Waals surface area contributed by atoms with E-state index in [0.29, 0.717) is 10.5 Å². The molecule has 2 amide bonds. The first kappa shape index (κ1) is 5.45. The van der Waals surface area contributed by atoms with Crippen molar-refractivity contribution >= 4 is 11.8 Å². The van der Waals surface area contributed by atoms with Crippen LogP contribution in [-0.2, 0) is 16.1 Å². The van der Waals surface area contributed by atoms with E-state index in [1.807, 2.05) is 0 Å². The maximum Gasteiger partial charge on any atom is 0.229 e. The van der Waals surface area contributed by atoms with Gasteiger partial charge in [0.1, 0.15) is 0 Å². The molecule has 1 atom stereocenters. The molecule has 3 heteroatoms. The summed E-state index contributed by atoms with van der Waals surface area (Å²) in [5, 5.41) is 0. The van der Waals surface area contributed by atoms with Gasteiger partial charge in [0.2, 0.25) is 11.8 Å².